The summed E-state index contributed by atoms with van der Waals surface area (Å²) in [4.78, 5) is 11.0. The summed E-state index contributed by atoms with van der Waals surface area (Å²) in [6.45, 7) is 2.33. The van der Waals surface area contributed by atoms with Crippen LogP contribution in [0.5, 0.6) is 0 Å². The smallest absolute Gasteiger partial charge is 0.229 e. The van der Waals surface area contributed by atoms with Gasteiger partial charge in [0.15, 0.2) is 0 Å². The van der Waals surface area contributed by atoms with Crippen molar-refractivity contribution in [2.45, 2.75) is 6.92 Å². The zero-order valence-electron chi connectivity index (χ0n) is 15.3. The molecular weight excluding hydrogens is 398 g/mol. The Kier molecular flexibility index (Phi) is 4.96. The lowest BCUT2D eigenvalue weighted by molar-refractivity contribution is 0.619. The van der Waals surface area contributed by atoms with E-state index in [1.165, 1.54) is 6.07 Å². The average Bonchev–Trinajstić information content (AvgIpc) is 2.65. The van der Waals surface area contributed by atoms with Gasteiger partial charge < -0.3 is 10.2 Å². The molecule has 0 bridgehead atoms. The first-order chi connectivity index (χ1) is 13.4. The number of anilines is 3. The van der Waals surface area contributed by atoms with Gasteiger partial charge in [0.1, 0.15) is 11.6 Å². The van der Waals surface area contributed by atoms with Crippen LogP contribution in [0.15, 0.2) is 42.6 Å². The molecule has 0 spiro atoms. The second-order valence-corrected chi connectivity index (χ2v) is 7.50. The van der Waals surface area contributed by atoms with E-state index in [9.17, 15) is 4.39 Å². The van der Waals surface area contributed by atoms with Crippen LogP contribution in [0, 0.1) is 12.7 Å². The molecule has 1 aliphatic heterocycles. The predicted octanol–water partition coefficient (Wildman–Crippen LogP) is 5.96. The van der Waals surface area contributed by atoms with Gasteiger partial charge in [-0.15, -0.1) is 0 Å². The number of rotatable bonds is 3. The highest BCUT2D eigenvalue weighted by atomic mass is 35.5. The molecule has 2 heterocycles. The Bertz CT molecular complexity index is 1080. The Morgan fingerprint density at radius 2 is 1.89 bits per heavy atom. The van der Waals surface area contributed by atoms with Gasteiger partial charge in [-0.05, 0) is 54.5 Å². The summed E-state index contributed by atoms with van der Waals surface area (Å²) in [6.07, 6.45) is 3.76. The van der Waals surface area contributed by atoms with Crippen LogP contribution in [0.1, 0.15) is 16.7 Å². The first-order valence-electron chi connectivity index (χ1n) is 8.68. The van der Waals surface area contributed by atoms with Crippen LogP contribution < -0.4 is 10.2 Å². The van der Waals surface area contributed by atoms with E-state index in [-0.39, 0.29) is 5.82 Å². The van der Waals surface area contributed by atoms with Crippen molar-refractivity contribution in [3.8, 4) is 0 Å². The van der Waals surface area contributed by atoms with Gasteiger partial charge in [0.25, 0.3) is 0 Å². The molecule has 1 N–H and O–H groups in total. The minimum atomic E-state index is -0.243. The van der Waals surface area contributed by atoms with Gasteiger partial charge in [-0.2, -0.15) is 4.98 Å². The lowest BCUT2D eigenvalue weighted by Crippen LogP contribution is -2.25. The summed E-state index contributed by atoms with van der Waals surface area (Å²) in [5.74, 6) is 1.00. The Hall–Kier alpha value is -2.63. The molecule has 4 rings (SSSR count). The zero-order valence-corrected chi connectivity index (χ0v) is 16.8. The van der Waals surface area contributed by atoms with Crippen molar-refractivity contribution < 1.29 is 4.39 Å². The van der Waals surface area contributed by atoms with Crippen molar-refractivity contribution in [2.75, 3.05) is 23.8 Å². The van der Waals surface area contributed by atoms with Crippen molar-refractivity contribution in [2.24, 2.45) is 0 Å². The molecular formula is C21H17Cl2FN4. The number of fused-ring (bicyclic) bond motifs is 1. The van der Waals surface area contributed by atoms with Crippen molar-refractivity contribution in [1.82, 2.24) is 9.97 Å². The maximum atomic E-state index is 13.5. The Morgan fingerprint density at radius 1 is 1.14 bits per heavy atom. The number of hydrogen-bond acceptors (Lipinski definition) is 4. The molecule has 0 fully saturated rings. The molecule has 0 aliphatic carbocycles. The van der Waals surface area contributed by atoms with Crippen LogP contribution in [0.25, 0.3) is 11.6 Å². The van der Waals surface area contributed by atoms with Crippen molar-refractivity contribution in [3.63, 3.8) is 0 Å². The molecule has 0 atom stereocenters. The van der Waals surface area contributed by atoms with Gasteiger partial charge >= 0.3 is 0 Å². The third kappa shape index (κ3) is 3.55. The fraction of sp³-hybridized carbons (Fsp3) is 0.143. The highest BCUT2D eigenvalue weighted by Gasteiger charge is 2.21. The molecule has 0 saturated heterocycles. The van der Waals surface area contributed by atoms with Crippen LogP contribution in [0.2, 0.25) is 10.0 Å². The quantitative estimate of drug-likeness (QED) is 0.573. The van der Waals surface area contributed by atoms with E-state index in [1.807, 2.05) is 36.2 Å². The number of nitrogens with one attached hydrogen (secondary N) is 1. The van der Waals surface area contributed by atoms with E-state index in [0.29, 0.717) is 28.1 Å². The molecule has 7 heteroatoms. The monoisotopic (exact) mass is 414 g/mol. The fourth-order valence-electron chi connectivity index (χ4n) is 3.22. The van der Waals surface area contributed by atoms with Gasteiger partial charge in [0.05, 0.1) is 0 Å². The van der Waals surface area contributed by atoms with Crippen LogP contribution in [0.3, 0.4) is 0 Å². The van der Waals surface area contributed by atoms with Crippen LogP contribution >= 0.6 is 23.2 Å². The van der Waals surface area contributed by atoms with Crippen molar-refractivity contribution >= 4 is 52.3 Å². The van der Waals surface area contributed by atoms with Gasteiger partial charge in [-0.1, -0.05) is 29.3 Å². The first kappa shape index (κ1) is 18.7. The third-order valence-electron chi connectivity index (χ3n) is 4.59. The Balaban J connectivity index is 1.68. The Labute approximate surface area is 172 Å². The van der Waals surface area contributed by atoms with E-state index in [4.69, 9.17) is 23.2 Å². The van der Waals surface area contributed by atoms with E-state index in [2.05, 4.69) is 15.3 Å². The first-order valence-corrected chi connectivity index (χ1v) is 9.44. The summed E-state index contributed by atoms with van der Waals surface area (Å²) < 4.78 is 13.5. The fourth-order valence-corrected chi connectivity index (χ4v) is 3.86. The summed E-state index contributed by atoms with van der Waals surface area (Å²) in [5.41, 5.74) is 4.00. The van der Waals surface area contributed by atoms with Crippen molar-refractivity contribution in [1.29, 1.82) is 0 Å². The second-order valence-electron chi connectivity index (χ2n) is 6.68. The summed E-state index contributed by atoms with van der Waals surface area (Å²) in [6, 6.07) is 10.3. The van der Waals surface area contributed by atoms with Crippen LogP contribution in [0.4, 0.5) is 21.8 Å². The highest BCUT2D eigenvalue weighted by molar-refractivity contribution is 6.38. The second kappa shape index (κ2) is 7.41. The predicted molar refractivity (Wildman–Crippen MR) is 114 cm³/mol. The topological polar surface area (TPSA) is 41.1 Å². The number of aryl methyl sites for hydroxylation is 1. The maximum absolute atomic E-state index is 13.5. The summed E-state index contributed by atoms with van der Waals surface area (Å²) >= 11 is 12.7. The zero-order chi connectivity index (χ0) is 19.8. The molecule has 0 radical (unpaired) electrons. The van der Waals surface area contributed by atoms with Crippen LogP contribution in [-0.2, 0) is 0 Å². The van der Waals surface area contributed by atoms with Crippen LogP contribution in [-0.4, -0.2) is 23.6 Å². The SMILES string of the molecule is Cc1cc(Nc2ncc3c(n2)N(C)CC(c2c(Cl)cccc2Cl)=C3)ccc1F. The molecule has 3 aromatic rings. The molecule has 0 unspecified atom stereocenters. The van der Waals surface area contributed by atoms with Gasteiger partial charge in [0.2, 0.25) is 5.95 Å². The van der Waals surface area contributed by atoms with E-state index in [0.717, 1.165) is 28.2 Å². The van der Waals surface area contributed by atoms with Gasteiger partial charge in [-0.25, -0.2) is 9.37 Å². The number of aromatic nitrogens is 2. The van der Waals surface area contributed by atoms with E-state index < -0.39 is 0 Å². The highest BCUT2D eigenvalue weighted by Crippen LogP contribution is 2.37. The number of halogens is 3. The maximum Gasteiger partial charge on any atom is 0.229 e. The molecule has 142 valence electrons. The molecule has 1 aliphatic rings. The molecule has 0 amide bonds. The Morgan fingerprint density at radius 3 is 2.61 bits per heavy atom. The summed E-state index contributed by atoms with van der Waals surface area (Å²) in [7, 11) is 1.95. The number of benzene rings is 2. The molecule has 0 saturated carbocycles. The number of likely N-dealkylation sites (N-methyl/N-ethyl adjacent to an activating group) is 1. The lowest BCUT2D eigenvalue weighted by atomic mass is 10.00. The average molecular weight is 415 g/mol. The minimum absolute atomic E-state index is 0.243. The molecule has 1 aromatic heterocycles. The van der Waals surface area contributed by atoms with Gasteiger partial charge in [0, 0.05) is 46.6 Å². The minimum Gasteiger partial charge on any atom is -0.355 e. The number of hydrogen-bond donors (Lipinski definition) is 1. The largest absolute Gasteiger partial charge is 0.355 e. The standard InChI is InChI=1S/C21H17Cl2FN4/c1-12-8-15(6-7-18(12)24)26-21-25-10-13-9-14(11-28(2)20(13)27-21)19-16(22)4-3-5-17(19)23/h3-10H,11H2,1-2H3,(H,25,26,27). The normalized spacial score (nSPS) is 13.2. The number of nitrogens with zero attached hydrogens (tertiary/aromatic N) is 3. The van der Waals surface area contributed by atoms with E-state index >= 15 is 0 Å². The molecule has 4 nitrogen and oxygen atoms in total. The van der Waals surface area contributed by atoms with Crippen molar-refractivity contribution in [3.05, 3.63) is 75.1 Å². The molecule has 2 aromatic carbocycles. The molecule has 28 heavy (non-hydrogen) atoms. The third-order valence-corrected chi connectivity index (χ3v) is 5.22. The van der Waals surface area contributed by atoms with Gasteiger partial charge in [-0.3, -0.25) is 0 Å². The summed E-state index contributed by atoms with van der Waals surface area (Å²) in [5, 5.41) is 4.35. The van der Waals surface area contributed by atoms with E-state index in [1.54, 1.807) is 25.3 Å². The lowest BCUT2D eigenvalue weighted by Gasteiger charge is -2.27.